The summed E-state index contributed by atoms with van der Waals surface area (Å²) in [6.45, 7) is 0. The molecule has 4 rings (SSSR count). The number of benzene rings is 2. The number of alkyl halides is 3. The predicted octanol–water partition coefficient (Wildman–Crippen LogP) is 2.88. The van der Waals surface area contributed by atoms with Gasteiger partial charge in [0, 0.05) is 5.56 Å². The first-order chi connectivity index (χ1) is 11.9. The van der Waals surface area contributed by atoms with Gasteiger partial charge in [0.1, 0.15) is 11.0 Å². The Morgan fingerprint density at radius 1 is 1.04 bits per heavy atom. The van der Waals surface area contributed by atoms with Crippen LogP contribution in [0, 0.1) is 0 Å². The van der Waals surface area contributed by atoms with Crippen molar-refractivity contribution in [2.75, 3.05) is 0 Å². The van der Waals surface area contributed by atoms with Crippen molar-refractivity contribution < 1.29 is 22.8 Å². The number of fused-ring (bicyclic) bond motifs is 1. The molecular weight excluding hydrogens is 339 g/mol. The third-order valence-electron chi connectivity index (χ3n) is 3.71. The van der Waals surface area contributed by atoms with E-state index in [1.54, 1.807) is 24.3 Å². The fourth-order valence-electron chi connectivity index (χ4n) is 2.33. The van der Waals surface area contributed by atoms with E-state index in [0.717, 1.165) is 17.0 Å². The van der Waals surface area contributed by atoms with Crippen molar-refractivity contribution in [2.24, 2.45) is 10.2 Å². The zero-order valence-electron chi connectivity index (χ0n) is 12.3. The molecule has 0 saturated heterocycles. The molecule has 0 aliphatic carbocycles. The molecule has 0 unspecified atom stereocenters. The van der Waals surface area contributed by atoms with Crippen LogP contribution in [0.15, 0.2) is 58.8 Å². The van der Waals surface area contributed by atoms with Gasteiger partial charge in [-0.25, -0.2) is 4.79 Å². The minimum atomic E-state index is -4.62. The van der Waals surface area contributed by atoms with E-state index >= 15 is 0 Å². The molecule has 2 heterocycles. The van der Waals surface area contributed by atoms with Gasteiger partial charge in [-0.15, -0.1) is 15.3 Å². The molecule has 0 saturated carbocycles. The lowest BCUT2D eigenvalue weighted by Crippen LogP contribution is -2.30. The summed E-state index contributed by atoms with van der Waals surface area (Å²) >= 11 is 0. The second kappa shape index (κ2) is 5.10. The number of aromatic nitrogens is 3. The van der Waals surface area contributed by atoms with E-state index < -0.39 is 17.8 Å². The molecule has 3 aromatic rings. The summed E-state index contributed by atoms with van der Waals surface area (Å²) in [6.07, 6.45) is -4.62. The molecule has 0 atom stereocenters. The molecule has 7 nitrogen and oxygen atoms in total. The fourth-order valence-corrected chi connectivity index (χ4v) is 2.33. The van der Waals surface area contributed by atoms with Gasteiger partial charge in [-0.05, 0) is 29.5 Å². The summed E-state index contributed by atoms with van der Waals surface area (Å²) in [6, 6.07) is 11.6. The van der Waals surface area contributed by atoms with Crippen LogP contribution in [0.4, 0.5) is 13.2 Å². The van der Waals surface area contributed by atoms with Gasteiger partial charge < -0.3 is 4.84 Å². The molecule has 25 heavy (non-hydrogen) atoms. The standard InChI is InChI=1S/C15H8F3N5O2/c16-15(17,18)14(20-21-14)10-7-5-9(6-8-10)13(24)25-23-12-4-2-1-3-11(12)19-22-23/h1-8H. The molecule has 126 valence electrons. The predicted molar refractivity (Wildman–Crippen MR) is 77.5 cm³/mol. The average molecular weight is 347 g/mol. The molecule has 0 amide bonds. The third kappa shape index (κ3) is 2.42. The van der Waals surface area contributed by atoms with Gasteiger partial charge >= 0.3 is 17.8 Å². The van der Waals surface area contributed by atoms with Crippen LogP contribution in [0.1, 0.15) is 15.9 Å². The maximum absolute atomic E-state index is 12.9. The van der Waals surface area contributed by atoms with Gasteiger partial charge in [-0.3, -0.25) is 0 Å². The summed E-state index contributed by atoms with van der Waals surface area (Å²) in [7, 11) is 0. The monoisotopic (exact) mass is 347 g/mol. The Bertz CT molecular complexity index is 988. The normalized spacial score (nSPS) is 15.3. The smallest absolute Gasteiger partial charge is 0.312 e. The van der Waals surface area contributed by atoms with E-state index in [9.17, 15) is 18.0 Å². The molecule has 1 aliphatic heterocycles. The second-order valence-corrected chi connectivity index (χ2v) is 5.28. The van der Waals surface area contributed by atoms with E-state index in [2.05, 4.69) is 20.5 Å². The van der Waals surface area contributed by atoms with Crippen LogP contribution in [0.3, 0.4) is 0 Å². The lowest BCUT2D eigenvalue weighted by atomic mass is 10.0. The van der Waals surface area contributed by atoms with Gasteiger partial charge in [-0.1, -0.05) is 29.1 Å². The van der Waals surface area contributed by atoms with E-state index in [0.29, 0.717) is 11.0 Å². The van der Waals surface area contributed by atoms with E-state index in [1.165, 1.54) is 12.1 Å². The highest BCUT2D eigenvalue weighted by Gasteiger charge is 2.65. The molecule has 0 radical (unpaired) electrons. The van der Waals surface area contributed by atoms with Crippen LogP contribution < -0.4 is 4.84 Å². The summed E-state index contributed by atoms with van der Waals surface area (Å²) in [5, 5.41) is 13.8. The van der Waals surface area contributed by atoms with Gasteiger partial charge in [0.15, 0.2) is 0 Å². The lowest BCUT2D eigenvalue weighted by Gasteiger charge is -2.14. The number of carbonyl (C=O) groups excluding carboxylic acids is 1. The third-order valence-corrected chi connectivity index (χ3v) is 3.71. The number of nitrogens with zero attached hydrogens (tertiary/aromatic N) is 5. The van der Waals surface area contributed by atoms with Crippen molar-refractivity contribution in [1.29, 1.82) is 0 Å². The zero-order chi connectivity index (χ0) is 17.7. The van der Waals surface area contributed by atoms with Crippen LogP contribution in [0.2, 0.25) is 0 Å². The highest BCUT2D eigenvalue weighted by Crippen LogP contribution is 2.52. The van der Waals surface area contributed by atoms with Crippen molar-refractivity contribution in [1.82, 2.24) is 15.2 Å². The Kier molecular flexibility index (Phi) is 3.11. The van der Waals surface area contributed by atoms with E-state index in [-0.39, 0.29) is 11.1 Å². The van der Waals surface area contributed by atoms with Crippen LogP contribution >= 0.6 is 0 Å². The van der Waals surface area contributed by atoms with Crippen LogP contribution in [0.5, 0.6) is 0 Å². The van der Waals surface area contributed by atoms with Gasteiger partial charge in [0.25, 0.3) is 0 Å². The van der Waals surface area contributed by atoms with Gasteiger partial charge in [0.05, 0.1) is 5.56 Å². The number of para-hydroxylation sites is 1. The van der Waals surface area contributed by atoms with Crippen molar-refractivity contribution in [2.45, 2.75) is 11.8 Å². The van der Waals surface area contributed by atoms with Crippen molar-refractivity contribution in [3.05, 3.63) is 59.7 Å². The minimum Gasteiger partial charge on any atom is -0.312 e. The number of hydrogen-bond donors (Lipinski definition) is 0. The maximum Gasteiger partial charge on any atom is 0.442 e. The molecule has 0 N–H and O–H groups in total. The summed E-state index contributed by atoms with van der Waals surface area (Å²) in [5.74, 6) is -0.784. The Balaban J connectivity index is 1.55. The fraction of sp³-hybridized carbons (Fsp3) is 0.133. The van der Waals surface area contributed by atoms with Gasteiger partial charge in [0.2, 0.25) is 0 Å². The molecule has 1 aliphatic rings. The van der Waals surface area contributed by atoms with Crippen molar-refractivity contribution in [3.8, 4) is 0 Å². The minimum absolute atomic E-state index is 0.0568. The molecule has 0 spiro atoms. The summed E-state index contributed by atoms with van der Waals surface area (Å²) in [5.41, 5.74) is -1.60. The van der Waals surface area contributed by atoms with Gasteiger partial charge in [-0.2, -0.15) is 13.2 Å². The number of halogens is 3. The first-order valence-corrected chi connectivity index (χ1v) is 7.05. The number of rotatable bonds is 3. The Hall–Kier alpha value is -3.30. The zero-order valence-corrected chi connectivity index (χ0v) is 12.3. The van der Waals surface area contributed by atoms with E-state index in [4.69, 9.17) is 4.84 Å². The quantitative estimate of drug-likeness (QED) is 0.682. The Labute approximate surface area is 137 Å². The Morgan fingerprint density at radius 3 is 2.36 bits per heavy atom. The topological polar surface area (TPSA) is 81.7 Å². The molecule has 0 bridgehead atoms. The van der Waals surface area contributed by atoms with Crippen LogP contribution in [0.25, 0.3) is 11.0 Å². The van der Waals surface area contributed by atoms with Crippen LogP contribution in [-0.2, 0) is 5.66 Å². The first-order valence-electron chi connectivity index (χ1n) is 7.05. The first kappa shape index (κ1) is 15.2. The number of carbonyl (C=O) groups is 1. The van der Waals surface area contributed by atoms with Crippen molar-refractivity contribution in [3.63, 3.8) is 0 Å². The number of hydrogen-bond acceptors (Lipinski definition) is 6. The van der Waals surface area contributed by atoms with Crippen molar-refractivity contribution >= 4 is 17.0 Å². The second-order valence-electron chi connectivity index (χ2n) is 5.28. The highest BCUT2D eigenvalue weighted by atomic mass is 19.4. The molecular formula is C15H8F3N5O2. The maximum atomic E-state index is 12.9. The molecule has 2 aromatic carbocycles. The Morgan fingerprint density at radius 2 is 1.72 bits per heavy atom. The molecule has 10 heteroatoms. The lowest BCUT2D eigenvalue weighted by molar-refractivity contribution is -0.166. The largest absolute Gasteiger partial charge is 0.442 e. The summed E-state index contributed by atoms with van der Waals surface area (Å²) < 4.78 is 38.8. The highest BCUT2D eigenvalue weighted by molar-refractivity contribution is 5.90. The van der Waals surface area contributed by atoms with Crippen LogP contribution in [-0.4, -0.2) is 27.3 Å². The SMILES string of the molecule is O=C(On1nnc2ccccc21)c1ccc(C2(C(F)(F)F)N=N2)cc1. The summed E-state index contributed by atoms with van der Waals surface area (Å²) in [4.78, 5) is 18.2. The molecule has 1 aromatic heterocycles. The van der Waals surface area contributed by atoms with E-state index in [1.807, 2.05) is 0 Å². The average Bonchev–Trinajstić information content (AvgIpc) is 3.33. The molecule has 0 fully saturated rings.